The minimum atomic E-state index is 0.542. The monoisotopic (exact) mass is 251 g/mol. The van der Waals surface area contributed by atoms with E-state index < -0.39 is 0 Å². The van der Waals surface area contributed by atoms with Gasteiger partial charge in [0.15, 0.2) is 0 Å². The Labute approximate surface area is 112 Å². The molecule has 2 aromatic heterocycles. The number of nitrogens with two attached hydrogens (primary N) is 1. The van der Waals surface area contributed by atoms with Gasteiger partial charge >= 0.3 is 0 Å². The van der Waals surface area contributed by atoms with Crippen molar-refractivity contribution in [3.8, 4) is 0 Å². The maximum Gasteiger partial charge on any atom is 0.117 e. The molecule has 0 bridgehead atoms. The molecule has 2 N–H and O–H groups in total. The number of imidazole rings is 1. The Balaban J connectivity index is 1.99. The summed E-state index contributed by atoms with van der Waals surface area (Å²) in [5.41, 5.74) is 10.5. The zero-order chi connectivity index (χ0) is 13.2. The lowest BCUT2D eigenvalue weighted by molar-refractivity contribution is 0.951. The van der Waals surface area contributed by atoms with Gasteiger partial charge in [-0.2, -0.15) is 0 Å². The van der Waals surface area contributed by atoms with Gasteiger partial charge in [0.25, 0.3) is 0 Å². The van der Waals surface area contributed by atoms with E-state index in [1.807, 2.05) is 24.5 Å². The normalized spacial score (nSPS) is 11.1. The first-order chi connectivity index (χ1) is 9.28. The molecule has 3 aromatic rings. The van der Waals surface area contributed by atoms with E-state index in [1.165, 1.54) is 11.1 Å². The van der Waals surface area contributed by atoms with Gasteiger partial charge in [0.2, 0.25) is 0 Å². The highest BCUT2D eigenvalue weighted by atomic mass is 15.0. The molecule has 0 fully saturated rings. The molecule has 3 rings (SSSR count). The van der Waals surface area contributed by atoms with Crippen LogP contribution in [0.5, 0.6) is 0 Å². The topological polar surface area (TPSA) is 43.3 Å². The van der Waals surface area contributed by atoms with Gasteiger partial charge in [-0.1, -0.05) is 35.9 Å². The molecular weight excluding hydrogens is 234 g/mol. The Kier molecular flexibility index (Phi) is 3.05. The molecule has 96 valence electrons. The van der Waals surface area contributed by atoms with Gasteiger partial charge in [0.05, 0.1) is 11.7 Å². The second kappa shape index (κ2) is 4.86. The van der Waals surface area contributed by atoms with Crippen LogP contribution in [0.25, 0.3) is 5.52 Å². The van der Waals surface area contributed by atoms with Crippen LogP contribution in [0.1, 0.15) is 22.5 Å². The van der Waals surface area contributed by atoms with Crippen LogP contribution in [0.4, 0.5) is 0 Å². The second-order valence-corrected chi connectivity index (χ2v) is 4.83. The third-order valence-corrected chi connectivity index (χ3v) is 3.44. The summed E-state index contributed by atoms with van der Waals surface area (Å²) in [6, 6.07) is 12.7. The van der Waals surface area contributed by atoms with E-state index >= 15 is 0 Å². The fraction of sp³-hybridized carbons (Fsp3) is 0.188. The van der Waals surface area contributed by atoms with Crippen molar-refractivity contribution < 1.29 is 0 Å². The Bertz CT molecular complexity index is 696. The van der Waals surface area contributed by atoms with Crippen molar-refractivity contribution in [1.29, 1.82) is 0 Å². The Hall–Kier alpha value is -2.13. The summed E-state index contributed by atoms with van der Waals surface area (Å²) in [6.07, 6.45) is 4.79. The maximum absolute atomic E-state index is 5.75. The van der Waals surface area contributed by atoms with Crippen LogP contribution in [-0.2, 0) is 13.0 Å². The number of benzene rings is 1. The van der Waals surface area contributed by atoms with Crippen LogP contribution in [0.2, 0.25) is 0 Å². The van der Waals surface area contributed by atoms with Gasteiger partial charge in [-0.3, -0.25) is 0 Å². The van der Waals surface area contributed by atoms with Gasteiger partial charge < -0.3 is 10.1 Å². The molecule has 0 atom stereocenters. The lowest BCUT2D eigenvalue weighted by Crippen LogP contribution is -2.01. The number of aromatic nitrogens is 2. The average Bonchev–Trinajstić information content (AvgIpc) is 2.84. The number of fused-ring (bicyclic) bond motifs is 1. The zero-order valence-electron chi connectivity index (χ0n) is 11.0. The van der Waals surface area contributed by atoms with E-state index in [2.05, 4.69) is 40.6 Å². The zero-order valence-corrected chi connectivity index (χ0v) is 11.0. The lowest BCUT2D eigenvalue weighted by atomic mass is 10.1. The average molecular weight is 251 g/mol. The van der Waals surface area contributed by atoms with E-state index in [0.717, 1.165) is 23.3 Å². The SMILES string of the molecule is Cc1ccc(Cc2ncc3c(CN)cccn23)cc1. The van der Waals surface area contributed by atoms with E-state index in [-0.39, 0.29) is 0 Å². The molecule has 0 saturated heterocycles. The van der Waals surface area contributed by atoms with Crippen LogP contribution in [-0.4, -0.2) is 9.38 Å². The number of aryl methyl sites for hydroxylation is 1. The molecule has 19 heavy (non-hydrogen) atoms. The molecule has 3 heteroatoms. The number of hydrogen-bond donors (Lipinski definition) is 1. The largest absolute Gasteiger partial charge is 0.326 e. The predicted octanol–water partition coefficient (Wildman–Crippen LogP) is 2.69. The molecular formula is C16H17N3. The Morgan fingerprint density at radius 3 is 2.68 bits per heavy atom. The Morgan fingerprint density at radius 2 is 1.95 bits per heavy atom. The second-order valence-electron chi connectivity index (χ2n) is 4.83. The Morgan fingerprint density at radius 1 is 1.16 bits per heavy atom. The highest BCUT2D eigenvalue weighted by Crippen LogP contribution is 2.15. The summed E-state index contributed by atoms with van der Waals surface area (Å²) in [7, 11) is 0. The third kappa shape index (κ3) is 2.25. The quantitative estimate of drug-likeness (QED) is 0.777. The standard InChI is InChI=1S/C16H17N3/c1-12-4-6-13(7-5-12)9-16-18-11-15-14(10-17)3-2-8-19(15)16/h2-8,11H,9-10,17H2,1H3. The van der Waals surface area contributed by atoms with Crippen molar-refractivity contribution in [1.82, 2.24) is 9.38 Å². The maximum atomic E-state index is 5.75. The highest BCUT2D eigenvalue weighted by Gasteiger charge is 2.07. The summed E-state index contributed by atoms with van der Waals surface area (Å²) in [5, 5.41) is 0. The molecule has 0 unspecified atom stereocenters. The first kappa shape index (κ1) is 11.9. The highest BCUT2D eigenvalue weighted by molar-refractivity contribution is 5.54. The minimum absolute atomic E-state index is 0.542. The molecule has 0 aliphatic rings. The van der Waals surface area contributed by atoms with Gasteiger partial charge in [0, 0.05) is 19.2 Å². The van der Waals surface area contributed by atoms with Crippen LogP contribution in [0.15, 0.2) is 48.8 Å². The molecule has 3 nitrogen and oxygen atoms in total. The smallest absolute Gasteiger partial charge is 0.117 e. The van der Waals surface area contributed by atoms with Crippen molar-refractivity contribution >= 4 is 5.52 Å². The minimum Gasteiger partial charge on any atom is -0.326 e. The molecule has 1 aromatic carbocycles. The summed E-state index contributed by atoms with van der Waals surface area (Å²) in [6.45, 7) is 2.64. The third-order valence-electron chi connectivity index (χ3n) is 3.44. The first-order valence-electron chi connectivity index (χ1n) is 6.47. The van der Waals surface area contributed by atoms with Crippen molar-refractivity contribution in [2.45, 2.75) is 19.9 Å². The number of pyridine rings is 1. The van der Waals surface area contributed by atoms with Crippen molar-refractivity contribution in [3.63, 3.8) is 0 Å². The molecule has 2 heterocycles. The van der Waals surface area contributed by atoms with Gasteiger partial charge in [-0.15, -0.1) is 0 Å². The molecule has 0 spiro atoms. The van der Waals surface area contributed by atoms with Crippen LogP contribution in [0, 0.1) is 6.92 Å². The fourth-order valence-electron chi connectivity index (χ4n) is 2.33. The van der Waals surface area contributed by atoms with Gasteiger partial charge in [-0.25, -0.2) is 4.98 Å². The van der Waals surface area contributed by atoms with Crippen molar-refractivity contribution in [2.24, 2.45) is 5.73 Å². The molecule has 0 amide bonds. The van der Waals surface area contributed by atoms with Gasteiger partial charge in [0.1, 0.15) is 5.82 Å². The van der Waals surface area contributed by atoms with Crippen molar-refractivity contribution in [3.05, 3.63) is 71.3 Å². The van der Waals surface area contributed by atoms with Crippen molar-refractivity contribution in [2.75, 3.05) is 0 Å². The molecule has 0 radical (unpaired) electrons. The summed E-state index contributed by atoms with van der Waals surface area (Å²) in [5.74, 6) is 1.05. The van der Waals surface area contributed by atoms with E-state index in [9.17, 15) is 0 Å². The number of rotatable bonds is 3. The van der Waals surface area contributed by atoms with Gasteiger partial charge in [-0.05, 0) is 24.1 Å². The number of nitrogens with zero attached hydrogens (tertiary/aromatic N) is 2. The summed E-state index contributed by atoms with van der Waals surface area (Å²) in [4.78, 5) is 4.53. The predicted molar refractivity (Wildman–Crippen MR) is 77.1 cm³/mol. The van der Waals surface area contributed by atoms with Crippen LogP contribution >= 0.6 is 0 Å². The molecule has 0 saturated carbocycles. The summed E-state index contributed by atoms with van der Waals surface area (Å²) >= 11 is 0. The molecule has 0 aliphatic carbocycles. The van der Waals surface area contributed by atoms with Crippen LogP contribution < -0.4 is 5.73 Å². The van der Waals surface area contributed by atoms with E-state index in [4.69, 9.17) is 5.73 Å². The van der Waals surface area contributed by atoms with E-state index in [1.54, 1.807) is 0 Å². The molecule has 0 aliphatic heterocycles. The van der Waals surface area contributed by atoms with Crippen LogP contribution in [0.3, 0.4) is 0 Å². The summed E-state index contributed by atoms with van der Waals surface area (Å²) < 4.78 is 2.13. The number of hydrogen-bond acceptors (Lipinski definition) is 2. The van der Waals surface area contributed by atoms with E-state index in [0.29, 0.717) is 6.54 Å². The lowest BCUT2D eigenvalue weighted by Gasteiger charge is -2.04. The first-order valence-corrected chi connectivity index (χ1v) is 6.47. The fourth-order valence-corrected chi connectivity index (χ4v) is 2.33.